The molecule has 0 aromatic heterocycles. The predicted octanol–water partition coefficient (Wildman–Crippen LogP) is 4.10. The average molecular weight is 330 g/mol. The Bertz CT molecular complexity index is 614. The molecule has 1 fully saturated rings. The molecule has 0 spiro atoms. The Balaban J connectivity index is 2.20. The van der Waals surface area contributed by atoms with Crippen LogP contribution in [-0.4, -0.2) is 29.8 Å². The predicted molar refractivity (Wildman–Crippen MR) is 98.1 cm³/mol. The van der Waals surface area contributed by atoms with Crippen LogP contribution in [0.25, 0.3) is 0 Å². The van der Waals surface area contributed by atoms with Crippen LogP contribution in [0.15, 0.2) is 18.2 Å². The van der Waals surface area contributed by atoms with Gasteiger partial charge in [-0.3, -0.25) is 9.59 Å². The number of carbonyl (C=O) groups excluding carboxylic acids is 2. The lowest BCUT2D eigenvalue weighted by atomic mass is 9.88. The van der Waals surface area contributed by atoms with Crippen molar-refractivity contribution in [3.05, 3.63) is 29.3 Å². The number of carbonyl (C=O) groups is 2. The molecule has 1 aromatic rings. The summed E-state index contributed by atoms with van der Waals surface area (Å²) in [5, 5.41) is 3.03. The van der Waals surface area contributed by atoms with Gasteiger partial charge in [0.25, 0.3) is 0 Å². The number of aryl methyl sites for hydroxylation is 1. The molecule has 1 N–H and O–H groups in total. The molecule has 0 bridgehead atoms. The Morgan fingerprint density at radius 2 is 1.75 bits per heavy atom. The van der Waals surface area contributed by atoms with Gasteiger partial charge in [0.05, 0.1) is 0 Å². The second-order valence-electron chi connectivity index (χ2n) is 7.63. The Morgan fingerprint density at radius 1 is 1.12 bits per heavy atom. The largest absolute Gasteiger partial charge is 0.342 e. The summed E-state index contributed by atoms with van der Waals surface area (Å²) >= 11 is 0. The fourth-order valence-electron chi connectivity index (χ4n) is 3.20. The molecule has 2 amide bonds. The number of likely N-dealkylation sites (tertiary alicyclic amines) is 1. The molecule has 0 radical (unpaired) electrons. The molecule has 2 rings (SSSR count). The molecule has 132 valence electrons. The maximum atomic E-state index is 12.9. The highest BCUT2D eigenvalue weighted by molar-refractivity contribution is 6.10. The third kappa shape index (κ3) is 3.80. The first-order valence-electron chi connectivity index (χ1n) is 8.95. The fourth-order valence-corrected chi connectivity index (χ4v) is 3.20. The van der Waals surface area contributed by atoms with Crippen molar-refractivity contribution < 1.29 is 9.59 Å². The van der Waals surface area contributed by atoms with E-state index in [0.717, 1.165) is 49.2 Å². The van der Waals surface area contributed by atoms with E-state index in [1.54, 1.807) is 13.8 Å². The minimum Gasteiger partial charge on any atom is -0.342 e. The van der Waals surface area contributed by atoms with Crippen molar-refractivity contribution in [3.63, 3.8) is 0 Å². The van der Waals surface area contributed by atoms with E-state index in [1.807, 2.05) is 30.0 Å². The summed E-state index contributed by atoms with van der Waals surface area (Å²) in [4.78, 5) is 27.5. The highest BCUT2D eigenvalue weighted by Crippen LogP contribution is 2.30. The van der Waals surface area contributed by atoms with Gasteiger partial charge >= 0.3 is 0 Å². The van der Waals surface area contributed by atoms with E-state index in [-0.39, 0.29) is 11.8 Å². The number of anilines is 1. The molecule has 1 aliphatic heterocycles. The molecule has 0 aliphatic carbocycles. The molecule has 4 heteroatoms. The maximum absolute atomic E-state index is 12.9. The normalized spacial score (nSPS) is 15.5. The zero-order chi connectivity index (χ0) is 17.9. The van der Waals surface area contributed by atoms with E-state index < -0.39 is 5.41 Å². The lowest BCUT2D eigenvalue weighted by Gasteiger charge is -2.33. The van der Waals surface area contributed by atoms with Crippen LogP contribution in [0, 0.1) is 12.3 Å². The molecule has 1 aliphatic rings. The number of amides is 2. The number of benzene rings is 1. The van der Waals surface area contributed by atoms with Gasteiger partial charge in [-0.15, -0.1) is 0 Å². The summed E-state index contributed by atoms with van der Waals surface area (Å²) in [5.74, 6) is 0.00904. The minimum atomic E-state index is -1.06. The summed E-state index contributed by atoms with van der Waals surface area (Å²) in [5.41, 5.74) is 1.91. The van der Waals surface area contributed by atoms with Crippen molar-refractivity contribution in [2.45, 2.75) is 59.8 Å². The summed E-state index contributed by atoms with van der Waals surface area (Å²) in [6, 6.07) is 6.03. The zero-order valence-corrected chi connectivity index (χ0v) is 15.6. The first-order chi connectivity index (χ1) is 11.2. The van der Waals surface area contributed by atoms with E-state index in [2.05, 4.69) is 19.2 Å². The lowest BCUT2D eigenvalue weighted by molar-refractivity contribution is -0.147. The molecule has 4 nitrogen and oxygen atoms in total. The number of hydrogen-bond acceptors (Lipinski definition) is 2. The van der Waals surface area contributed by atoms with Crippen LogP contribution in [0.2, 0.25) is 0 Å². The van der Waals surface area contributed by atoms with Gasteiger partial charge < -0.3 is 10.2 Å². The number of para-hydroxylation sites is 1. The highest BCUT2D eigenvalue weighted by atomic mass is 16.2. The second kappa shape index (κ2) is 7.37. The molecule has 0 unspecified atom stereocenters. The van der Waals surface area contributed by atoms with Gasteiger partial charge in [0.2, 0.25) is 11.8 Å². The topological polar surface area (TPSA) is 49.4 Å². The summed E-state index contributed by atoms with van der Waals surface area (Å²) in [6.07, 6.45) is 3.22. The van der Waals surface area contributed by atoms with Crippen molar-refractivity contribution in [2.75, 3.05) is 18.4 Å². The molecule has 24 heavy (non-hydrogen) atoms. The molecule has 1 saturated heterocycles. The van der Waals surface area contributed by atoms with Crippen LogP contribution < -0.4 is 5.32 Å². The van der Waals surface area contributed by atoms with Crippen LogP contribution in [0.5, 0.6) is 0 Å². The van der Waals surface area contributed by atoms with Gasteiger partial charge in [0.15, 0.2) is 0 Å². The van der Waals surface area contributed by atoms with E-state index in [0.29, 0.717) is 5.92 Å². The Labute approximate surface area is 145 Å². The molecule has 1 heterocycles. The summed E-state index contributed by atoms with van der Waals surface area (Å²) < 4.78 is 0. The van der Waals surface area contributed by atoms with E-state index in [1.165, 1.54) is 0 Å². The molecular formula is C20H30N2O2. The lowest BCUT2D eigenvalue weighted by Crippen LogP contribution is -2.49. The number of nitrogens with zero attached hydrogens (tertiary/aromatic N) is 1. The first kappa shape index (κ1) is 18.5. The average Bonchev–Trinajstić information content (AvgIpc) is 2.56. The van der Waals surface area contributed by atoms with Crippen LogP contribution in [-0.2, 0) is 9.59 Å². The molecule has 1 aromatic carbocycles. The maximum Gasteiger partial charge on any atom is 0.239 e. The third-order valence-corrected chi connectivity index (χ3v) is 4.91. The standard InChI is InChI=1S/C20H30N2O2/c1-14(2)16-11-9-10-15(3)17(16)21-18(23)20(4,5)19(24)22-12-7-6-8-13-22/h9-11,14H,6-8,12-13H2,1-5H3,(H,21,23). The number of piperidine rings is 1. The van der Waals surface area contributed by atoms with E-state index in [9.17, 15) is 9.59 Å². The van der Waals surface area contributed by atoms with Gasteiger partial charge in [-0.1, -0.05) is 32.0 Å². The Hall–Kier alpha value is -1.84. The van der Waals surface area contributed by atoms with Gasteiger partial charge in [0.1, 0.15) is 5.41 Å². The van der Waals surface area contributed by atoms with Crippen LogP contribution in [0.1, 0.15) is 64.0 Å². The van der Waals surface area contributed by atoms with Crippen molar-refractivity contribution >= 4 is 17.5 Å². The number of rotatable bonds is 4. The molecular weight excluding hydrogens is 300 g/mol. The van der Waals surface area contributed by atoms with Crippen LogP contribution in [0.4, 0.5) is 5.69 Å². The van der Waals surface area contributed by atoms with Gasteiger partial charge in [-0.05, 0) is 57.1 Å². The zero-order valence-electron chi connectivity index (χ0n) is 15.6. The quantitative estimate of drug-likeness (QED) is 0.845. The number of hydrogen-bond donors (Lipinski definition) is 1. The highest BCUT2D eigenvalue weighted by Gasteiger charge is 2.39. The minimum absolute atomic E-state index is 0.0700. The summed E-state index contributed by atoms with van der Waals surface area (Å²) in [6.45, 7) is 11.2. The van der Waals surface area contributed by atoms with E-state index in [4.69, 9.17) is 0 Å². The summed E-state index contributed by atoms with van der Waals surface area (Å²) in [7, 11) is 0. The van der Waals surface area contributed by atoms with Crippen molar-refractivity contribution in [2.24, 2.45) is 5.41 Å². The fraction of sp³-hybridized carbons (Fsp3) is 0.600. The van der Waals surface area contributed by atoms with Crippen molar-refractivity contribution in [1.29, 1.82) is 0 Å². The van der Waals surface area contributed by atoms with Crippen LogP contribution in [0.3, 0.4) is 0 Å². The monoisotopic (exact) mass is 330 g/mol. The van der Waals surface area contributed by atoms with Gasteiger partial charge in [-0.25, -0.2) is 0 Å². The first-order valence-corrected chi connectivity index (χ1v) is 8.95. The van der Waals surface area contributed by atoms with Crippen molar-refractivity contribution in [3.8, 4) is 0 Å². The van der Waals surface area contributed by atoms with Gasteiger partial charge in [0, 0.05) is 18.8 Å². The SMILES string of the molecule is Cc1cccc(C(C)C)c1NC(=O)C(C)(C)C(=O)N1CCCCC1. The molecule has 0 atom stereocenters. The van der Waals surface area contributed by atoms with E-state index >= 15 is 0 Å². The smallest absolute Gasteiger partial charge is 0.239 e. The Kier molecular flexibility index (Phi) is 5.68. The number of nitrogens with one attached hydrogen (secondary N) is 1. The van der Waals surface area contributed by atoms with Crippen molar-refractivity contribution in [1.82, 2.24) is 4.90 Å². The third-order valence-electron chi connectivity index (χ3n) is 4.91. The van der Waals surface area contributed by atoms with Crippen LogP contribution >= 0.6 is 0 Å². The Morgan fingerprint density at radius 3 is 2.33 bits per heavy atom. The second-order valence-corrected chi connectivity index (χ2v) is 7.63. The molecule has 0 saturated carbocycles. The van der Waals surface area contributed by atoms with Gasteiger partial charge in [-0.2, -0.15) is 0 Å².